The molecule has 6 heteroatoms. The molecule has 6 nitrogen and oxygen atoms in total. The predicted octanol–water partition coefficient (Wildman–Crippen LogP) is 2.50. The second-order valence-corrected chi connectivity index (χ2v) is 6.71. The third-order valence-corrected chi connectivity index (χ3v) is 4.37. The minimum absolute atomic E-state index is 0.0544. The highest BCUT2D eigenvalue weighted by molar-refractivity contribution is 5.94. The maximum atomic E-state index is 12.8. The Labute approximate surface area is 147 Å². The SMILES string of the molecule is CC(C)c1ccc(CN(C(=O)c2cnc(C(N)=O)cn2)C2CC2)cc1. The third kappa shape index (κ3) is 4.02. The van der Waals surface area contributed by atoms with Crippen LogP contribution in [-0.4, -0.2) is 32.7 Å². The first kappa shape index (κ1) is 17.1. The number of carbonyl (C=O) groups is 2. The molecule has 1 heterocycles. The summed E-state index contributed by atoms with van der Waals surface area (Å²) in [5, 5.41) is 0. The van der Waals surface area contributed by atoms with Crippen molar-refractivity contribution < 1.29 is 9.59 Å². The van der Waals surface area contributed by atoms with Crippen molar-refractivity contribution in [1.29, 1.82) is 0 Å². The summed E-state index contributed by atoms with van der Waals surface area (Å²) < 4.78 is 0. The van der Waals surface area contributed by atoms with E-state index < -0.39 is 5.91 Å². The van der Waals surface area contributed by atoms with E-state index in [0.717, 1.165) is 18.4 Å². The van der Waals surface area contributed by atoms with Gasteiger partial charge in [-0.05, 0) is 29.9 Å². The molecule has 2 N–H and O–H groups in total. The molecule has 1 fully saturated rings. The Morgan fingerprint density at radius 2 is 1.72 bits per heavy atom. The fraction of sp³-hybridized carbons (Fsp3) is 0.368. The van der Waals surface area contributed by atoms with Crippen molar-refractivity contribution in [2.75, 3.05) is 0 Å². The molecule has 1 aliphatic rings. The fourth-order valence-corrected chi connectivity index (χ4v) is 2.67. The van der Waals surface area contributed by atoms with Gasteiger partial charge in [0.1, 0.15) is 11.4 Å². The van der Waals surface area contributed by atoms with Crippen LogP contribution in [0.3, 0.4) is 0 Å². The van der Waals surface area contributed by atoms with Gasteiger partial charge in [0.15, 0.2) is 0 Å². The van der Waals surface area contributed by atoms with Gasteiger partial charge < -0.3 is 10.6 Å². The van der Waals surface area contributed by atoms with Crippen molar-refractivity contribution in [2.24, 2.45) is 5.73 Å². The lowest BCUT2D eigenvalue weighted by molar-refractivity contribution is 0.0722. The quantitative estimate of drug-likeness (QED) is 0.876. The predicted molar refractivity (Wildman–Crippen MR) is 94.0 cm³/mol. The van der Waals surface area contributed by atoms with Crippen molar-refractivity contribution in [3.05, 3.63) is 59.2 Å². The highest BCUT2D eigenvalue weighted by Gasteiger charge is 2.33. The van der Waals surface area contributed by atoms with E-state index >= 15 is 0 Å². The molecule has 1 saturated carbocycles. The number of primary amides is 1. The summed E-state index contributed by atoms with van der Waals surface area (Å²) in [6.07, 6.45) is 4.57. The van der Waals surface area contributed by atoms with Crippen LogP contribution in [0.25, 0.3) is 0 Å². The Morgan fingerprint density at radius 3 is 2.20 bits per heavy atom. The molecule has 0 aliphatic heterocycles. The van der Waals surface area contributed by atoms with Crippen molar-refractivity contribution in [2.45, 2.75) is 45.2 Å². The first-order chi connectivity index (χ1) is 12.0. The molecular weight excluding hydrogens is 316 g/mol. The van der Waals surface area contributed by atoms with Gasteiger partial charge in [0.05, 0.1) is 12.4 Å². The standard InChI is InChI=1S/C19H22N4O2/c1-12(2)14-5-3-13(4-6-14)11-23(15-7-8-15)19(25)17-10-21-16(9-22-17)18(20)24/h3-6,9-10,12,15H,7-8,11H2,1-2H3,(H2,20,24). The van der Waals surface area contributed by atoms with E-state index in [-0.39, 0.29) is 23.3 Å². The van der Waals surface area contributed by atoms with Crippen LogP contribution in [-0.2, 0) is 6.54 Å². The van der Waals surface area contributed by atoms with E-state index in [1.54, 1.807) is 0 Å². The number of nitrogens with zero attached hydrogens (tertiary/aromatic N) is 3. The summed E-state index contributed by atoms with van der Waals surface area (Å²) in [6, 6.07) is 8.60. The van der Waals surface area contributed by atoms with E-state index in [1.165, 1.54) is 18.0 Å². The van der Waals surface area contributed by atoms with E-state index in [0.29, 0.717) is 12.5 Å². The van der Waals surface area contributed by atoms with Gasteiger partial charge in [0.25, 0.3) is 11.8 Å². The van der Waals surface area contributed by atoms with E-state index in [4.69, 9.17) is 5.73 Å². The maximum Gasteiger partial charge on any atom is 0.274 e. The molecule has 2 aromatic rings. The van der Waals surface area contributed by atoms with Gasteiger partial charge in [-0.1, -0.05) is 38.1 Å². The Bertz CT molecular complexity index is 765. The molecule has 1 aliphatic carbocycles. The van der Waals surface area contributed by atoms with Gasteiger partial charge in [0, 0.05) is 12.6 Å². The number of nitrogens with two attached hydrogens (primary N) is 1. The molecule has 0 bridgehead atoms. The third-order valence-electron chi connectivity index (χ3n) is 4.37. The second-order valence-electron chi connectivity index (χ2n) is 6.71. The zero-order valence-corrected chi connectivity index (χ0v) is 14.5. The normalized spacial score (nSPS) is 13.7. The van der Waals surface area contributed by atoms with Crippen LogP contribution in [0.5, 0.6) is 0 Å². The lowest BCUT2D eigenvalue weighted by atomic mass is 10.0. The van der Waals surface area contributed by atoms with Crippen LogP contribution in [0.4, 0.5) is 0 Å². The Hall–Kier alpha value is -2.76. The topological polar surface area (TPSA) is 89.2 Å². The van der Waals surface area contributed by atoms with Crippen molar-refractivity contribution in [1.82, 2.24) is 14.9 Å². The van der Waals surface area contributed by atoms with Gasteiger partial charge in [0.2, 0.25) is 0 Å². The molecule has 3 rings (SSSR count). The zero-order valence-electron chi connectivity index (χ0n) is 14.5. The fourth-order valence-electron chi connectivity index (χ4n) is 2.67. The van der Waals surface area contributed by atoms with Crippen LogP contribution < -0.4 is 5.73 Å². The highest BCUT2D eigenvalue weighted by atomic mass is 16.2. The Balaban J connectivity index is 1.76. The Kier molecular flexibility index (Phi) is 4.79. The van der Waals surface area contributed by atoms with E-state index in [2.05, 4.69) is 48.1 Å². The first-order valence-electron chi connectivity index (χ1n) is 8.47. The van der Waals surface area contributed by atoms with Crippen LogP contribution >= 0.6 is 0 Å². The molecule has 25 heavy (non-hydrogen) atoms. The average molecular weight is 338 g/mol. The zero-order chi connectivity index (χ0) is 18.0. The van der Waals surface area contributed by atoms with Gasteiger partial charge in [-0.15, -0.1) is 0 Å². The molecule has 1 aromatic carbocycles. The summed E-state index contributed by atoms with van der Waals surface area (Å²) in [4.78, 5) is 33.7. The average Bonchev–Trinajstić information content (AvgIpc) is 3.44. The van der Waals surface area contributed by atoms with E-state index in [9.17, 15) is 9.59 Å². The number of rotatable bonds is 6. The second kappa shape index (κ2) is 7.01. The summed E-state index contributed by atoms with van der Waals surface area (Å²) >= 11 is 0. The number of aromatic nitrogens is 2. The lowest BCUT2D eigenvalue weighted by Gasteiger charge is -2.22. The summed E-state index contributed by atoms with van der Waals surface area (Å²) in [5.41, 5.74) is 7.81. The molecule has 0 radical (unpaired) electrons. The van der Waals surface area contributed by atoms with Crippen LogP contribution in [0, 0.1) is 0 Å². The molecule has 0 spiro atoms. The number of hydrogen-bond acceptors (Lipinski definition) is 4. The minimum atomic E-state index is -0.657. The van der Waals surface area contributed by atoms with Crippen LogP contribution in [0.15, 0.2) is 36.7 Å². The summed E-state index contributed by atoms with van der Waals surface area (Å²) in [6.45, 7) is 4.86. The number of benzene rings is 1. The Morgan fingerprint density at radius 1 is 1.12 bits per heavy atom. The van der Waals surface area contributed by atoms with Crippen LogP contribution in [0.1, 0.15) is 64.7 Å². The van der Waals surface area contributed by atoms with Gasteiger partial charge in [-0.2, -0.15) is 0 Å². The largest absolute Gasteiger partial charge is 0.364 e. The maximum absolute atomic E-state index is 12.8. The van der Waals surface area contributed by atoms with Gasteiger partial charge >= 0.3 is 0 Å². The van der Waals surface area contributed by atoms with Gasteiger partial charge in [-0.25, -0.2) is 9.97 Å². The molecular formula is C19H22N4O2. The number of carbonyl (C=O) groups excluding carboxylic acids is 2. The van der Waals surface area contributed by atoms with E-state index in [1.807, 2.05) is 4.90 Å². The number of hydrogen-bond donors (Lipinski definition) is 1. The molecule has 0 atom stereocenters. The summed E-state index contributed by atoms with van der Waals surface area (Å²) in [7, 11) is 0. The number of amides is 2. The van der Waals surface area contributed by atoms with Crippen molar-refractivity contribution >= 4 is 11.8 Å². The first-order valence-corrected chi connectivity index (χ1v) is 8.47. The monoisotopic (exact) mass is 338 g/mol. The summed E-state index contributed by atoms with van der Waals surface area (Å²) in [5.74, 6) is -0.344. The molecule has 0 unspecified atom stereocenters. The molecule has 2 amide bonds. The minimum Gasteiger partial charge on any atom is -0.364 e. The van der Waals surface area contributed by atoms with Crippen molar-refractivity contribution in [3.8, 4) is 0 Å². The van der Waals surface area contributed by atoms with Gasteiger partial charge in [-0.3, -0.25) is 9.59 Å². The smallest absolute Gasteiger partial charge is 0.274 e. The molecule has 130 valence electrons. The lowest BCUT2D eigenvalue weighted by Crippen LogP contribution is -2.33. The van der Waals surface area contributed by atoms with Crippen LogP contribution in [0.2, 0.25) is 0 Å². The van der Waals surface area contributed by atoms with Crippen molar-refractivity contribution in [3.63, 3.8) is 0 Å². The molecule has 0 saturated heterocycles. The molecule has 1 aromatic heterocycles. The highest BCUT2D eigenvalue weighted by Crippen LogP contribution is 2.29.